The molecule has 4 rings (SSSR count). The third-order valence-corrected chi connectivity index (χ3v) is 18.3. The fourth-order valence-electron chi connectivity index (χ4n) is 4.52. The van der Waals surface area contributed by atoms with Gasteiger partial charge in [0, 0.05) is 5.56 Å². The van der Waals surface area contributed by atoms with E-state index in [1.165, 1.54) is 6.33 Å². The van der Waals surface area contributed by atoms with Crippen molar-refractivity contribution in [1.82, 2.24) is 14.6 Å². The largest absolute Gasteiger partial charge is 0.414 e. The predicted molar refractivity (Wildman–Crippen MR) is 170 cm³/mol. The van der Waals surface area contributed by atoms with Crippen molar-refractivity contribution in [3.63, 3.8) is 0 Å². The minimum atomic E-state index is -2.38. The first-order valence-electron chi connectivity index (χ1n) is 14.6. The Morgan fingerprint density at radius 2 is 1.64 bits per heavy atom. The third-order valence-electron chi connectivity index (χ3n) is 9.37. The van der Waals surface area contributed by atoms with Gasteiger partial charge in [0.05, 0.1) is 12.3 Å². The highest BCUT2D eigenvalue weighted by Crippen LogP contribution is 2.48. The third kappa shape index (κ3) is 6.26. The maximum atomic E-state index is 16.7. The Balaban J connectivity index is 1.69. The number of alkyl halides is 1. The molecule has 0 radical (unpaired) electrons. The summed E-state index contributed by atoms with van der Waals surface area (Å²) in [7, 11) is -4.55. The zero-order valence-electron chi connectivity index (χ0n) is 26.9. The van der Waals surface area contributed by atoms with Crippen LogP contribution in [0.2, 0.25) is 36.3 Å². The molecule has 1 aromatic carbocycles. The molecule has 1 N–H and O–H groups in total. The molecule has 3 heterocycles. The van der Waals surface area contributed by atoms with E-state index < -0.39 is 40.6 Å². The monoisotopic (exact) mass is 614 g/mol. The van der Waals surface area contributed by atoms with Gasteiger partial charge in [-0.3, -0.25) is 4.79 Å². The van der Waals surface area contributed by atoms with Crippen LogP contribution in [-0.2, 0) is 13.6 Å². The Hall–Kier alpha value is -2.45. The average molecular weight is 615 g/mol. The Morgan fingerprint density at radius 3 is 2.24 bits per heavy atom. The minimum absolute atomic E-state index is 0.0124. The Labute approximate surface area is 251 Å². The van der Waals surface area contributed by atoms with Crippen molar-refractivity contribution >= 4 is 33.9 Å². The molecule has 2 aromatic heterocycles. The van der Waals surface area contributed by atoms with E-state index in [9.17, 15) is 4.79 Å². The molecule has 0 unspecified atom stereocenters. The summed E-state index contributed by atoms with van der Waals surface area (Å²) in [6.07, 6.45) is -1.91. The summed E-state index contributed by atoms with van der Waals surface area (Å²) < 4.78 is 38.4. The van der Waals surface area contributed by atoms with Crippen LogP contribution in [0, 0.1) is 0 Å². The predicted octanol–water partition coefficient (Wildman–Crippen LogP) is 7.56. The van der Waals surface area contributed by atoms with E-state index in [2.05, 4.69) is 83.1 Å². The van der Waals surface area contributed by atoms with Gasteiger partial charge in [0.2, 0.25) is 0 Å². The molecule has 4 atom stereocenters. The lowest BCUT2D eigenvalue weighted by Gasteiger charge is -2.44. The number of fused-ring (bicyclic) bond motifs is 1. The molecule has 1 saturated heterocycles. The van der Waals surface area contributed by atoms with E-state index >= 15 is 4.39 Å². The molecule has 11 heteroatoms. The van der Waals surface area contributed by atoms with Crippen molar-refractivity contribution < 1.29 is 22.8 Å². The zero-order valence-corrected chi connectivity index (χ0v) is 28.9. The van der Waals surface area contributed by atoms with Gasteiger partial charge in [-0.25, -0.2) is 13.9 Å². The maximum absolute atomic E-state index is 16.7. The van der Waals surface area contributed by atoms with Crippen molar-refractivity contribution in [1.29, 1.82) is 0 Å². The van der Waals surface area contributed by atoms with Crippen LogP contribution in [0.4, 0.5) is 10.2 Å². The number of nitrogens with zero attached hydrogens (tertiary/aromatic N) is 3. The SMILES string of the molecule is CC(C)(C)[Si](C)(C)OC[C@@]1(C)O[C@@H](c2ccc3c(NC(=O)c4ccccc4)ncnn23)[C@H](F)[C@@H]1O[Si](C)(C)C(C)(C)C. The zero-order chi connectivity index (χ0) is 31.3. The molecule has 0 aliphatic carbocycles. The van der Waals surface area contributed by atoms with E-state index in [0.29, 0.717) is 22.6 Å². The van der Waals surface area contributed by atoms with Crippen molar-refractivity contribution in [2.75, 3.05) is 11.9 Å². The fraction of sp³-hybridized carbons (Fsp3) is 0.581. The number of nitrogens with one attached hydrogen (secondary N) is 1. The number of benzene rings is 1. The van der Waals surface area contributed by atoms with Crippen molar-refractivity contribution in [2.24, 2.45) is 0 Å². The van der Waals surface area contributed by atoms with E-state index in [1.54, 1.807) is 40.9 Å². The number of amides is 1. The van der Waals surface area contributed by atoms with Crippen LogP contribution < -0.4 is 5.32 Å². The fourth-order valence-corrected chi connectivity index (χ4v) is 6.96. The van der Waals surface area contributed by atoms with Crippen LogP contribution in [0.15, 0.2) is 48.8 Å². The molecule has 42 heavy (non-hydrogen) atoms. The minimum Gasteiger partial charge on any atom is -0.414 e. The Bertz CT molecular complexity index is 1420. The molecule has 1 fully saturated rings. The molecule has 1 aliphatic heterocycles. The lowest BCUT2D eigenvalue weighted by molar-refractivity contribution is -0.0940. The second-order valence-corrected chi connectivity index (χ2v) is 24.2. The van der Waals surface area contributed by atoms with Gasteiger partial charge < -0.3 is 18.9 Å². The second-order valence-electron chi connectivity index (χ2n) is 14.6. The number of ether oxygens (including phenoxy) is 1. The van der Waals surface area contributed by atoms with Crippen LogP contribution in [0.25, 0.3) is 5.52 Å². The van der Waals surface area contributed by atoms with Gasteiger partial charge in [-0.15, -0.1) is 0 Å². The van der Waals surface area contributed by atoms with Gasteiger partial charge >= 0.3 is 0 Å². The number of hydrogen-bond donors (Lipinski definition) is 1. The Morgan fingerprint density at radius 1 is 1.02 bits per heavy atom. The number of aromatic nitrogens is 3. The summed E-state index contributed by atoms with van der Waals surface area (Å²) >= 11 is 0. The lowest BCUT2D eigenvalue weighted by Crippen LogP contribution is -2.55. The van der Waals surface area contributed by atoms with Gasteiger partial charge in [-0.1, -0.05) is 59.7 Å². The van der Waals surface area contributed by atoms with Crippen LogP contribution in [0.3, 0.4) is 0 Å². The lowest BCUT2D eigenvalue weighted by atomic mass is 9.98. The summed E-state index contributed by atoms with van der Waals surface area (Å²) in [4.78, 5) is 17.1. The number of hydrogen-bond acceptors (Lipinski definition) is 6. The molecule has 0 spiro atoms. The molecule has 0 saturated carbocycles. The molecule has 230 valence electrons. The van der Waals surface area contributed by atoms with Crippen molar-refractivity contribution in [3.8, 4) is 0 Å². The first kappa shape index (κ1) is 32.5. The van der Waals surface area contributed by atoms with Gasteiger partial charge in [-0.2, -0.15) is 5.10 Å². The second kappa shape index (κ2) is 11.2. The van der Waals surface area contributed by atoms with Crippen LogP contribution in [-0.4, -0.2) is 61.6 Å². The highest BCUT2D eigenvalue weighted by atomic mass is 28.4. The Kier molecular flexibility index (Phi) is 8.69. The van der Waals surface area contributed by atoms with Gasteiger partial charge in [0.25, 0.3) is 5.91 Å². The molecule has 1 amide bonds. The number of halogens is 1. The highest BCUT2D eigenvalue weighted by Gasteiger charge is 2.58. The topological polar surface area (TPSA) is 87.0 Å². The molecule has 0 bridgehead atoms. The van der Waals surface area contributed by atoms with Gasteiger partial charge in [-0.05, 0) is 67.5 Å². The van der Waals surface area contributed by atoms with Crippen molar-refractivity contribution in [3.05, 3.63) is 60.0 Å². The van der Waals surface area contributed by atoms with Crippen LogP contribution in [0.5, 0.6) is 0 Å². The quantitative estimate of drug-likeness (QED) is 0.264. The summed E-state index contributed by atoms with van der Waals surface area (Å²) in [5.41, 5.74) is 0.541. The maximum Gasteiger partial charge on any atom is 0.256 e. The number of rotatable bonds is 8. The number of anilines is 1. The summed E-state index contributed by atoms with van der Waals surface area (Å²) in [6.45, 7) is 23.7. The van der Waals surface area contributed by atoms with E-state index in [4.69, 9.17) is 13.6 Å². The van der Waals surface area contributed by atoms with E-state index in [1.807, 2.05) is 13.0 Å². The number of carbonyl (C=O) groups is 1. The highest BCUT2D eigenvalue weighted by molar-refractivity contribution is 6.74. The smallest absolute Gasteiger partial charge is 0.256 e. The van der Waals surface area contributed by atoms with Gasteiger partial charge in [0.15, 0.2) is 28.6 Å². The first-order valence-corrected chi connectivity index (χ1v) is 20.4. The normalized spacial score (nSPS) is 23.9. The van der Waals surface area contributed by atoms with E-state index in [0.717, 1.165) is 0 Å². The summed E-state index contributed by atoms with van der Waals surface area (Å²) in [5, 5.41) is 7.15. The molecule has 1 aliphatic rings. The number of carbonyl (C=O) groups excluding carboxylic acids is 1. The standard InChI is InChI=1S/C31H47FN4O4Si2/c1-29(2,3)41(8,9)38-19-31(7)26(40-42(10,11)30(4,5)6)24(32)25(39-31)22-17-18-23-27(33-20-34-36(22)23)35-28(37)21-15-13-12-14-16-21/h12-18,20,24-26H,19H2,1-11H3,(H,33,34,35,37)/t24-,25-,26-,31+/m0/s1. The summed E-state index contributed by atoms with van der Waals surface area (Å²) in [5.74, 6) is 0.0363. The average Bonchev–Trinajstić information content (AvgIpc) is 3.42. The van der Waals surface area contributed by atoms with Crippen LogP contribution in [0.1, 0.15) is 70.6 Å². The molecule has 8 nitrogen and oxygen atoms in total. The molecular formula is C31H47FN4O4Si2. The van der Waals surface area contributed by atoms with E-state index in [-0.39, 0.29) is 22.6 Å². The van der Waals surface area contributed by atoms with Gasteiger partial charge in [0.1, 0.15) is 29.7 Å². The summed E-state index contributed by atoms with van der Waals surface area (Å²) in [6, 6.07) is 12.5. The van der Waals surface area contributed by atoms with Crippen molar-refractivity contribution in [2.45, 2.75) is 109 Å². The first-order chi connectivity index (χ1) is 19.3. The molecular weight excluding hydrogens is 568 g/mol. The molecule has 3 aromatic rings. The van der Waals surface area contributed by atoms with Crippen LogP contribution >= 0.6 is 0 Å².